The fourth-order valence-electron chi connectivity index (χ4n) is 4.27. The molecule has 162 valence electrons. The van der Waals surface area contributed by atoms with Crippen LogP contribution in [0.3, 0.4) is 0 Å². The number of alkyl halides is 3. The first-order chi connectivity index (χ1) is 15.3. The Morgan fingerprint density at radius 1 is 1.03 bits per heavy atom. The third kappa shape index (κ3) is 3.51. The number of anilines is 2. The minimum absolute atomic E-state index is 0.242. The summed E-state index contributed by atoms with van der Waals surface area (Å²) < 4.78 is 42.6. The molecule has 0 unspecified atom stereocenters. The summed E-state index contributed by atoms with van der Waals surface area (Å²) in [6.45, 7) is 3.59. The number of imidazole rings is 1. The van der Waals surface area contributed by atoms with Crippen molar-refractivity contribution in [2.24, 2.45) is 0 Å². The summed E-state index contributed by atoms with van der Waals surface area (Å²) in [5.41, 5.74) is 3.36. The molecule has 0 bridgehead atoms. The Bertz CT molecular complexity index is 1290. The maximum Gasteiger partial charge on any atom is 0.416 e. The SMILES string of the molecule is Cc1cccc(-n2ccnc2[C@H]2Cc3cnccc3N2c2cc(C(F)(F)F)cc(C)n2)c1. The minimum atomic E-state index is -4.46. The molecule has 4 heterocycles. The fraction of sp³-hybridized carbons (Fsp3) is 0.208. The van der Waals surface area contributed by atoms with Gasteiger partial charge in [0, 0.05) is 48.3 Å². The van der Waals surface area contributed by atoms with E-state index >= 15 is 0 Å². The first kappa shape index (κ1) is 20.2. The molecule has 0 saturated carbocycles. The monoisotopic (exact) mass is 435 g/mol. The van der Waals surface area contributed by atoms with E-state index < -0.39 is 11.7 Å². The summed E-state index contributed by atoms with van der Waals surface area (Å²) in [7, 11) is 0. The van der Waals surface area contributed by atoms with Gasteiger partial charge >= 0.3 is 6.18 Å². The van der Waals surface area contributed by atoms with Crippen LogP contribution in [0.4, 0.5) is 24.7 Å². The third-order valence-corrected chi connectivity index (χ3v) is 5.62. The Kier molecular flexibility index (Phi) is 4.73. The zero-order chi connectivity index (χ0) is 22.5. The molecule has 0 fully saturated rings. The summed E-state index contributed by atoms with van der Waals surface area (Å²) >= 11 is 0. The highest BCUT2D eigenvalue weighted by Crippen LogP contribution is 2.45. The smallest absolute Gasteiger partial charge is 0.315 e. The standard InChI is InChI=1S/C24H20F3N5/c1-15-4-3-5-19(10-15)31-9-8-29-23(31)21-12-17-14-28-7-6-20(17)32(21)22-13-18(24(25,26)27)11-16(2)30-22/h3-11,13-14,21H,12H2,1-2H3/t21-/m1/s1. The van der Waals surface area contributed by atoms with Crippen molar-refractivity contribution in [1.29, 1.82) is 0 Å². The van der Waals surface area contributed by atoms with Crippen LogP contribution in [-0.4, -0.2) is 19.5 Å². The molecular formula is C24H20F3N5. The summed E-state index contributed by atoms with van der Waals surface area (Å²) in [5, 5.41) is 0. The Hall–Kier alpha value is -3.68. The fourth-order valence-corrected chi connectivity index (χ4v) is 4.27. The molecular weight excluding hydrogens is 415 g/mol. The van der Waals surface area contributed by atoms with Crippen LogP contribution < -0.4 is 4.90 Å². The number of aryl methyl sites for hydroxylation is 2. The van der Waals surface area contributed by atoms with Crippen LogP contribution in [0.2, 0.25) is 0 Å². The van der Waals surface area contributed by atoms with Crippen molar-refractivity contribution < 1.29 is 13.2 Å². The predicted octanol–water partition coefficient (Wildman–Crippen LogP) is 5.73. The van der Waals surface area contributed by atoms with Crippen molar-refractivity contribution in [3.63, 3.8) is 0 Å². The Balaban J connectivity index is 1.67. The van der Waals surface area contributed by atoms with Crippen LogP contribution in [0.15, 0.2) is 67.3 Å². The molecule has 1 atom stereocenters. The maximum absolute atomic E-state index is 13.6. The van der Waals surface area contributed by atoms with Crippen molar-refractivity contribution >= 4 is 11.5 Å². The molecule has 4 aromatic rings. The number of hydrogen-bond donors (Lipinski definition) is 0. The van der Waals surface area contributed by atoms with Gasteiger partial charge in [-0.05, 0) is 55.3 Å². The van der Waals surface area contributed by atoms with E-state index in [-0.39, 0.29) is 11.9 Å². The van der Waals surface area contributed by atoms with Gasteiger partial charge in [0.1, 0.15) is 11.6 Å². The Labute approximate surface area is 183 Å². The lowest BCUT2D eigenvalue weighted by molar-refractivity contribution is -0.137. The average molecular weight is 435 g/mol. The van der Waals surface area contributed by atoms with Gasteiger partial charge in [0.2, 0.25) is 0 Å². The first-order valence-corrected chi connectivity index (χ1v) is 10.2. The van der Waals surface area contributed by atoms with Crippen molar-refractivity contribution in [2.75, 3.05) is 4.90 Å². The number of pyridine rings is 2. The normalized spacial score (nSPS) is 15.8. The van der Waals surface area contributed by atoms with Crippen LogP contribution in [0.25, 0.3) is 5.69 Å². The maximum atomic E-state index is 13.6. The van der Waals surface area contributed by atoms with E-state index in [2.05, 4.69) is 15.0 Å². The third-order valence-electron chi connectivity index (χ3n) is 5.62. The van der Waals surface area contributed by atoms with Crippen molar-refractivity contribution in [1.82, 2.24) is 19.5 Å². The van der Waals surface area contributed by atoms with Crippen LogP contribution in [-0.2, 0) is 12.6 Å². The van der Waals surface area contributed by atoms with E-state index in [9.17, 15) is 13.2 Å². The first-order valence-electron chi connectivity index (χ1n) is 10.2. The summed E-state index contributed by atoms with van der Waals surface area (Å²) in [6.07, 6.45) is 3.07. The van der Waals surface area contributed by atoms with E-state index in [4.69, 9.17) is 0 Å². The van der Waals surface area contributed by atoms with Gasteiger partial charge in [0.15, 0.2) is 0 Å². The molecule has 1 aliphatic rings. The quantitative estimate of drug-likeness (QED) is 0.412. The zero-order valence-electron chi connectivity index (χ0n) is 17.5. The second kappa shape index (κ2) is 7.47. The van der Waals surface area contributed by atoms with Gasteiger partial charge in [-0.15, -0.1) is 0 Å². The molecule has 0 amide bonds. The topological polar surface area (TPSA) is 46.8 Å². The molecule has 5 nitrogen and oxygen atoms in total. The van der Waals surface area contributed by atoms with Crippen molar-refractivity contribution in [3.05, 3.63) is 95.5 Å². The highest BCUT2D eigenvalue weighted by molar-refractivity contribution is 5.69. The minimum Gasteiger partial charge on any atom is -0.315 e. The highest BCUT2D eigenvalue weighted by atomic mass is 19.4. The molecule has 0 saturated heterocycles. The van der Waals surface area contributed by atoms with Crippen LogP contribution in [0, 0.1) is 13.8 Å². The number of nitrogens with zero attached hydrogens (tertiary/aromatic N) is 5. The summed E-state index contributed by atoms with van der Waals surface area (Å²) in [6, 6.07) is 11.7. The Morgan fingerprint density at radius 2 is 1.88 bits per heavy atom. The number of rotatable bonds is 3. The van der Waals surface area contributed by atoms with E-state index in [1.165, 1.54) is 0 Å². The largest absolute Gasteiger partial charge is 0.416 e. The van der Waals surface area contributed by atoms with E-state index in [1.807, 2.05) is 52.9 Å². The number of aromatic nitrogens is 4. The summed E-state index contributed by atoms with van der Waals surface area (Å²) in [5.74, 6) is 0.967. The van der Waals surface area contributed by atoms with Gasteiger partial charge < -0.3 is 9.47 Å². The summed E-state index contributed by atoms with van der Waals surface area (Å²) in [4.78, 5) is 15.1. The molecule has 5 rings (SSSR count). The lowest BCUT2D eigenvalue weighted by Crippen LogP contribution is -2.24. The molecule has 8 heteroatoms. The van der Waals surface area contributed by atoms with E-state index in [0.29, 0.717) is 12.1 Å². The van der Waals surface area contributed by atoms with Crippen LogP contribution in [0.1, 0.15) is 34.3 Å². The van der Waals surface area contributed by atoms with E-state index in [0.717, 1.165) is 40.5 Å². The van der Waals surface area contributed by atoms with Gasteiger partial charge in [0.25, 0.3) is 0 Å². The van der Waals surface area contributed by atoms with Gasteiger partial charge in [-0.1, -0.05) is 12.1 Å². The van der Waals surface area contributed by atoms with Gasteiger partial charge in [-0.3, -0.25) is 4.98 Å². The van der Waals surface area contributed by atoms with Gasteiger partial charge in [-0.25, -0.2) is 9.97 Å². The molecule has 0 radical (unpaired) electrons. The number of halogens is 3. The van der Waals surface area contributed by atoms with Gasteiger partial charge in [-0.2, -0.15) is 13.2 Å². The second-order valence-corrected chi connectivity index (χ2v) is 7.94. The predicted molar refractivity (Wildman–Crippen MR) is 115 cm³/mol. The number of hydrogen-bond acceptors (Lipinski definition) is 4. The van der Waals surface area contributed by atoms with Crippen molar-refractivity contribution in [2.45, 2.75) is 32.5 Å². The van der Waals surface area contributed by atoms with Gasteiger partial charge in [0.05, 0.1) is 11.6 Å². The molecule has 32 heavy (non-hydrogen) atoms. The molecule has 1 aromatic carbocycles. The lowest BCUT2D eigenvalue weighted by atomic mass is 10.1. The molecule has 0 spiro atoms. The molecule has 1 aliphatic heterocycles. The van der Waals surface area contributed by atoms with Crippen LogP contribution >= 0.6 is 0 Å². The van der Waals surface area contributed by atoms with Crippen molar-refractivity contribution in [3.8, 4) is 5.69 Å². The number of fused-ring (bicyclic) bond motifs is 1. The molecule has 0 N–H and O–H groups in total. The van der Waals surface area contributed by atoms with Crippen LogP contribution in [0.5, 0.6) is 0 Å². The van der Waals surface area contributed by atoms with E-state index in [1.54, 1.807) is 25.5 Å². The molecule has 3 aromatic heterocycles. The second-order valence-electron chi connectivity index (χ2n) is 7.94. The lowest BCUT2D eigenvalue weighted by Gasteiger charge is -2.28. The average Bonchev–Trinajstić information content (AvgIpc) is 3.37. The zero-order valence-corrected chi connectivity index (χ0v) is 17.5. The molecule has 0 aliphatic carbocycles. The number of benzene rings is 1. The Morgan fingerprint density at radius 3 is 2.66 bits per heavy atom. The highest BCUT2D eigenvalue weighted by Gasteiger charge is 2.38.